The molecule has 7 nitrogen and oxygen atoms in total. The molecule has 0 spiro atoms. The number of benzene rings is 2. The van der Waals surface area contributed by atoms with Crippen molar-refractivity contribution >= 4 is 54.0 Å². The maximum absolute atomic E-state index is 13.1. The monoisotopic (exact) mass is 530 g/mol. The number of methoxy groups -OCH3 is 1. The Morgan fingerprint density at radius 2 is 1.79 bits per heavy atom. The van der Waals surface area contributed by atoms with Gasteiger partial charge in [-0.2, -0.15) is 0 Å². The number of likely N-dealkylation sites (N-methyl/N-ethyl adjacent to an activating group) is 1. The molecule has 1 heterocycles. The third-order valence-corrected chi connectivity index (χ3v) is 8.21. The van der Waals surface area contributed by atoms with Gasteiger partial charge in [0.1, 0.15) is 11.3 Å². The van der Waals surface area contributed by atoms with Crippen molar-refractivity contribution in [3.8, 4) is 5.75 Å². The summed E-state index contributed by atoms with van der Waals surface area (Å²) in [7, 11) is 1.78. The zero-order valence-electron chi connectivity index (χ0n) is 18.8. The minimum absolute atomic E-state index is 0. The van der Waals surface area contributed by atoms with Gasteiger partial charge >= 0.3 is 0 Å². The lowest BCUT2D eigenvalue weighted by Crippen LogP contribution is -3.00. The first-order chi connectivity index (χ1) is 15.1. The van der Waals surface area contributed by atoms with Crippen molar-refractivity contribution in [3.05, 3.63) is 47.0 Å². The van der Waals surface area contributed by atoms with E-state index < -0.39 is 9.84 Å². The summed E-state index contributed by atoms with van der Waals surface area (Å²) in [5.74, 6) is -0.0203. The number of thiazole rings is 1. The van der Waals surface area contributed by atoms with Crippen LogP contribution in [0.15, 0.2) is 41.3 Å². The fraction of sp³-hybridized carbons (Fsp3) is 0.364. The van der Waals surface area contributed by atoms with Crippen LogP contribution in [0.3, 0.4) is 0 Å². The number of fused-ring (bicyclic) bond motifs is 1. The fourth-order valence-electron chi connectivity index (χ4n) is 3.07. The molecule has 11 heteroatoms. The standard InChI is InChI=1S/C22H26ClN3O4S2.ClH/c1-15-5-7-16(8-6-15)32(28,29)14-11-19(27)26(13-12-25(2)3)22-24-20-18(30-4)10-9-17(23)21(20)31-22;/h5-10H,11-14H2,1-4H3;1H/p-1. The molecule has 0 unspecified atom stereocenters. The van der Waals surface area contributed by atoms with Gasteiger partial charge in [0, 0.05) is 19.5 Å². The maximum atomic E-state index is 13.1. The van der Waals surface area contributed by atoms with Gasteiger partial charge in [-0.05, 0) is 45.3 Å². The van der Waals surface area contributed by atoms with Gasteiger partial charge in [0.2, 0.25) is 5.91 Å². The molecular weight excluding hydrogens is 505 g/mol. The normalized spacial score (nSPS) is 11.5. The topological polar surface area (TPSA) is 79.8 Å². The number of hydrogen-bond acceptors (Lipinski definition) is 7. The molecule has 0 aliphatic rings. The highest BCUT2D eigenvalue weighted by Gasteiger charge is 2.24. The molecule has 0 aliphatic carbocycles. The van der Waals surface area contributed by atoms with Crippen LogP contribution in [0.4, 0.5) is 5.13 Å². The summed E-state index contributed by atoms with van der Waals surface area (Å²) < 4.78 is 31.5. The van der Waals surface area contributed by atoms with Crippen molar-refractivity contribution in [2.45, 2.75) is 18.2 Å². The number of carbonyl (C=O) groups excluding carboxylic acids is 1. The number of hydrogen-bond donors (Lipinski definition) is 0. The van der Waals surface area contributed by atoms with Crippen molar-refractivity contribution in [3.63, 3.8) is 0 Å². The van der Waals surface area contributed by atoms with Crippen LogP contribution < -0.4 is 22.0 Å². The second-order valence-electron chi connectivity index (χ2n) is 7.65. The van der Waals surface area contributed by atoms with Crippen LogP contribution in [0.2, 0.25) is 5.02 Å². The minimum atomic E-state index is -3.58. The first kappa shape index (κ1) is 27.3. The molecule has 0 saturated heterocycles. The Hall–Kier alpha value is -1.91. The minimum Gasteiger partial charge on any atom is -1.00 e. The number of rotatable bonds is 9. The first-order valence-electron chi connectivity index (χ1n) is 10.00. The Morgan fingerprint density at radius 1 is 1.12 bits per heavy atom. The molecule has 180 valence electrons. The Morgan fingerprint density at radius 3 is 2.39 bits per heavy atom. The van der Waals surface area contributed by atoms with Gasteiger partial charge in [0.25, 0.3) is 0 Å². The lowest BCUT2D eigenvalue weighted by molar-refractivity contribution is -0.118. The summed E-state index contributed by atoms with van der Waals surface area (Å²) >= 11 is 7.62. The summed E-state index contributed by atoms with van der Waals surface area (Å²) in [4.78, 5) is 21.4. The first-order valence-corrected chi connectivity index (χ1v) is 12.8. The molecule has 0 fully saturated rings. The lowest BCUT2D eigenvalue weighted by atomic mass is 10.2. The Bertz CT molecular complexity index is 1210. The number of ether oxygens (including phenoxy) is 1. The van der Waals surface area contributed by atoms with Crippen LogP contribution in [0.5, 0.6) is 5.75 Å². The number of nitrogens with zero attached hydrogens (tertiary/aromatic N) is 3. The van der Waals surface area contributed by atoms with E-state index in [1.165, 1.54) is 16.2 Å². The zero-order valence-corrected chi connectivity index (χ0v) is 22.0. The van der Waals surface area contributed by atoms with Crippen molar-refractivity contribution in [2.24, 2.45) is 0 Å². The Balaban J connectivity index is 0.00000385. The molecule has 0 aliphatic heterocycles. The number of carbonyl (C=O) groups is 1. The van der Waals surface area contributed by atoms with Gasteiger partial charge in [0.05, 0.1) is 27.5 Å². The Kier molecular flexibility index (Phi) is 9.51. The molecule has 3 aromatic rings. The molecule has 0 N–H and O–H groups in total. The maximum Gasteiger partial charge on any atom is 0.229 e. The van der Waals surface area contributed by atoms with Crippen molar-refractivity contribution in [1.29, 1.82) is 0 Å². The van der Waals surface area contributed by atoms with Crippen LogP contribution in [0.25, 0.3) is 10.2 Å². The second kappa shape index (κ2) is 11.5. The van der Waals surface area contributed by atoms with Gasteiger partial charge in [-0.1, -0.05) is 40.6 Å². The smallest absolute Gasteiger partial charge is 0.229 e. The highest BCUT2D eigenvalue weighted by atomic mass is 35.5. The van der Waals surface area contributed by atoms with E-state index in [4.69, 9.17) is 16.3 Å². The van der Waals surface area contributed by atoms with Crippen molar-refractivity contribution in [2.75, 3.05) is 44.9 Å². The molecule has 1 amide bonds. The van der Waals surface area contributed by atoms with Crippen LogP contribution in [-0.2, 0) is 14.6 Å². The number of amides is 1. The van der Waals surface area contributed by atoms with Crippen LogP contribution >= 0.6 is 22.9 Å². The molecule has 3 rings (SSSR count). The Labute approximate surface area is 209 Å². The summed E-state index contributed by atoms with van der Waals surface area (Å²) in [5, 5.41) is 0.984. The second-order valence-corrected chi connectivity index (χ2v) is 11.1. The highest BCUT2D eigenvalue weighted by molar-refractivity contribution is 7.91. The van der Waals surface area contributed by atoms with Gasteiger partial charge in [0.15, 0.2) is 15.0 Å². The number of halogens is 2. The van der Waals surface area contributed by atoms with E-state index in [-0.39, 0.29) is 35.4 Å². The van der Waals surface area contributed by atoms with Crippen LogP contribution in [-0.4, -0.2) is 64.3 Å². The lowest BCUT2D eigenvalue weighted by Gasteiger charge is -2.22. The summed E-state index contributed by atoms with van der Waals surface area (Å²) in [6, 6.07) is 10.1. The van der Waals surface area contributed by atoms with E-state index in [0.29, 0.717) is 34.5 Å². The quantitative estimate of drug-likeness (QED) is 0.411. The van der Waals surface area contributed by atoms with Crippen molar-refractivity contribution < 1.29 is 30.4 Å². The third kappa shape index (κ3) is 6.58. The molecule has 33 heavy (non-hydrogen) atoms. The number of sulfone groups is 1. The van der Waals surface area contributed by atoms with Gasteiger partial charge in [-0.3, -0.25) is 9.69 Å². The summed E-state index contributed by atoms with van der Waals surface area (Å²) in [5.41, 5.74) is 1.55. The molecule has 1 aromatic heterocycles. The average Bonchev–Trinajstić information content (AvgIpc) is 3.19. The van der Waals surface area contributed by atoms with E-state index in [2.05, 4.69) is 4.98 Å². The summed E-state index contributed by atoms with van der Waals surface area (Å²) in [6.07, 6.45) is -0.148. The van der Waals surface area contributed by atoms with E-state index in [9.17, 15) is 13.2 Å². The largest absolute Gasteiger partial charge is 1.00 e. The zero-order chi connectivity index (χ0) is 23.5. The highest BCUT2D eigenvalue weighted by Crippen LogP contribution is 2.38. The molecular formula is C22H26Cl2N3O4S2-. The number of aromatic nitrogens is 1. The predicted octanol–water partition coefficient (Wildman–Crippen LogP) is 1.03. The van der Waals surface area contributed by atoms with E-state index in [0.717, 1.165) is 10.3 Å². The van der Waals surface area contributed by atoms with Crippen LogP contribution in [0, 0.1) is 6.92 Å². The van der Waals surface area contributed by atoms with Crippen LogP contribution in [0.1, 0.15) is 12.0 Å². The third-order valence-electron chi connectivity index (χ3n) is 4.93. The molecule has 0 saturated carbocycles. The van der Waals surface area contributed by atoms with Gasteiger partial charge in [-0.15, -0.1) is 0 Å². The molecule has 0 bridgehead atoms. The van der Waals surface area contributed by atoms with E-state index in [1.54, 1.807) is 43.5 Å². The van der Waals surface area contributed by atoms with Gasteiger partial charge < -0.3 is 22.0 Å². The molecule has 0 atom stereocenters. The SMILES string of the molecule is COc1ccc(Cl)c2sc(N(CCN(C)C)C(=O)CCS(=O)(=O)c3ccc(C)cc3)nc12.[Cl-]. The predicted molar refractivity (Wildman–Crippen MR) is 130 cm³/mol. The molecule has 0 radical (unpaired) electrons. The van der Waals surface area contributed by atoms with E-state index in [1.807, 2.05) is 25.9 Å². The van der Waals surface area contributed by atoms with Crippen molar-refractivity contribution in [1.82, 2.24) is 9.88 Å². The molecule has 2 aromatic carbocycles. The number of anilines is 1. The average molecular weight is 532 g/mol. The fourth-order valence-corrected chi connectivity index (χ4v) is 5.60. The summed E-state index contributed by atoms with van der Waals surface area (Å²) in [6.45, 7) is 2.86. The van der Waals surface area contributed by atoms with Gasteiger partial charge in [-0.25, -0.2) is 13.4 Å². The number of aryl methyl sites for hydroxylation is 1. The van der Waals surface area contributed by atoms with E-state index >= 15 is 0 Å².